The number of rotatable bonds is 5. The van der Waals surface area contributed by atoms with Gasteiger partial charge in [0.05, 0.1) is 10.0 Å². The maximum absolute atomic E-state index is 11.1. The fraction of sp³-hybridized carbons (Fsp3) is 0.231. The van der Waals surface area contributed by atoms with Crippen LogP contribution >= 0.6 is 35.0 Å². The van der Waals surface area contributed by atoms with Gasteiger partial charge in [0, 0.05) is 35.5 Å². The Hall–Kier alpha value is -1.41. The Morgan fingerprint density at radius 1 is 1.32 bits per heavy atom. The largest absolute Gasteiger partial charge is 0.406 e. The zero-order valence-electron chi connectivity index (χ0n) is 11.4. The summed E-state index contributed by atoms with van der Waals surface area (Å²) < 4.78 is 4.87. The van der Waals surface area contributed by atoms with Gasteiger partial charge >= 0.3 is 5.97 Å². The molecule has 0 amide bonds. The lowest BCUT2D eigenvalue weighted by molar-refractivity contribution is -0.137. The second-order valence-electron chi connectivity index (χ2n) is 4.13. The van der Waals surface area contributed by atoms with Crippen molar-refractivity contribution in [3.05, 3.63) is 39.8 Å². The minimum absolute atomic E-state index is 0.0842. The summed E-state index contributed by atoms with van der Waals surface area (Å²) in [4.78, 5) is 23.3. The standard InChI is InChI=1S/C13H11Cl2N3O3S/c1-7-2-11(21-12(20)5-19)18-13(17-7)22-6-8-9(14)3-16-4-10(8)15/h2-4,19H,5-6H2,1H3. The maximum Gasteiger partial charge on any atom is 0.338 e. The van der Waals surface area contributed by atoms with Crippen LogP contribution < -0.4 is 4.74 Å². The van der Waals surface area contributed by atoms with Crippen LogP contribution in [0.15, 0.2) is 23.6 Å². The molecule has 2 aromatic heterocycles. The van der Waals surface area contributed by atoms with Gasteiger partial charge < -0.3 is 9.84 Å². The number of aliphatic hydroxyl groups is 1. The molecule has 0 aliphatic carbocycles. The summed E-state index contributed by atoms with van der Waals surface area (Å²) in [6.07, 6.45) is 3.02. The molecule has 0 aromatic carbocycles. The molecule has 0 aliphatic heterocycles. The Balaban J connectivity index is 2.14. The van der Waals surface area contributed by atoms with E-state index < -0.39 is 12.6 Å². The van der Waals surface area contributed by atoms with Crippen LogP contribution in [0.2, 0.25) is 10.0 Å². The normalized spacial score (nSPS) is 10.5. The van der Waals surface area contributed by atoms with E-state index in [1.807, 2.05) is 0 Å². The highest BCUT2D eigenvalue weighted by Gasteiger charge is 2.11. The van der Waals surface area contributed by atoms with E-state index in [4.69, 9.17) is 33.0 Å². The highest BCUT2D eigenvalue weighted by atomic mass is 35.5. The number of pyridine rings is 1. The van der Waals surface area contributed by atoms with Crippen molar-refractivity contribution in [2.45, 2.75) is 17.8 Å². The number of aryl methyl sites for hydroxylation is 1. The van der Waals surface area contributed by atoms with Gasteiger partial charge in [-0.2, -0.15) is 4.98 Å². The minimum atomic E-state index is -0.783. The van der Waals surface area contributed by atoms with Crippen molar-refractivity contribution in [1.82, 2.24) is 15.0 Å². The molecule has 0 fully saturated rings. The predicted molar refractivity (Wildman–Crippen MR) is 83.3 cm³/mol. The number of hydrogen-bond donors (Lipinski definition) is 1. The summed E-state index contributed by atoms with van der Waals surface area (Å²) in [5.74, 6) is -0.257. The lowest BCUT2D eigenvalue weighted by atomic mass is 10.3. The summed E-state index contributed by atoms with van der Waals surface area (Å²) in [6, 6.07) is 1.50. The van der Waals surface area contributed by atoms with Gasteiger partial charge in [-0.25, -0.2) is 9.78 Å². The predicted octanol–water partition coefficient (Wildman–Crippen LogP) is 2.68. The summed E-state index contributed by atoms with van der Waals surface area (Å²) in [7, 11) is 0. The number of hydrogen-bond acceptors (Lipinski definition) is 7. The van der Waals surface area contributed by atoms with E-state index in [2.05, 4.69) is 15.0 Å². The summed E-state index contributed by atoms with van der Waals surface area (Å²) in [5, 5.41) is 10.0. The summed E-state index contributed by atoms with van der Waals surface area (Å²) in [5.41, 5.74) is 1.35. The van der Waals surface area contributed by atoms with Crippen LogP contribution in [-0.2, 0) is 10.5 Å². The third-order valence-corrected chi connectivity index (χ3v) is 3.98. The van der Waals surface area contributed by atoms with E-state index in [1.165, 1.54) is 30.2 Å². The molecule has 0 radical (unpaired) electrons. The van der Waals surface area contributed by atoms with Crippen molar-refractivity contribution >= 4 is 40.9 Å². The highest BCUT2D eigenvalue weighted by Crippen LogP contribution is 2.30. The van der Waals surface area contributed by atoms with Gasteiger partial charge in [-0.05, 0) is 6.92 Å². The smallest absolute Gasteiger partial charge is 0.338 e. The topological polar surface area (TPSA) is 85.2 Å². The molecule has 116 valence electrons. The van der Waals surface area contributed by atoms with Gasteiger partial charge in [0.1, 0.15) is 6.61 Å². The zero-order valence-corrected chi connectivity index (χ0v) is 13.7. The third kappa shape index (κ3) is 4.54. The van der Waals surface area contributed by atoms with Crippen LogP contribution in [0.4, 0.5) is 0 Å². The molecule has 2 heterocycles. The number of esters is 1. The Bertz CT molecular complexity index is 680. The van der Waals surface area contributed by atoms with E-state index in [-0.39, 0.29) is 5.88 Å². The lowest BCUT2D eigenvalue weighted by Gasteiger charge is -2.07. The fourth-order valence-corrected chi connectivity index (χ4v) is 3.10. The average molecular weight is 360 g/mol. The first kappa shape index (κ1) is 17.0. The fourth-order valence-electron chi connectivity index (χ4n) is 1.49. The number of aliphatic hydroxyl groups excluding tert-OH is 1. The molecule has 2 rings (SSSR count). The number of carbonyl (C=O) groups excluding carboxylic acids is 1. The van der Waals surface area contributed by atoms with E-state index in [0.717, 1.165) is 5.56 Å². The number of carbonyl (C=O) groups is 1. The van der Waals surface area contributed by atoms with Crippen LogP contribution in [-0.4, -0.2) is 32.6 Å². The molecule has 1 N–H and O–H groups in total. The number of nitrogens with zero attached hydrogens (tertiary/aromatic N) is 3. The van der Waals surface area contributed by atoms with Gasteiger partial charge in [-0.3, -0.25) is 4.98 Å². The SMILES string of the molecule is Cc1cc(OC(=O)CO)nc(SCc2c(Cl)cncc2Cl)n1. The average Bonchev–Trinajstić information content (AvgIpc) is 2.46. The molecule has 9 heteroatoms. The molecule has 0 unspecified atom stereocenters. The van der Waals surface area contributed by atoms with E-state index in [0.29, 0.717) is 26.6 Å². The van der Waals surface area contributed by atoms with Gasteiger partial charge in [0.25, 0.3) is 0 Å². The molecule has 22 heavy (non-hydrogen) atoms. The van der Waals surface area contributed by atoms with Crippen LogP contribution in [0.25, 0.3) is 0 Å². The molecule has 0 atom stereocenters. The van der Waals surface area contributed by atoms with Crippen molar-refractivity contribution < 1.29 is 14.6 Å². The molecule has 0 saturated carbocycles. The van der Waals surface area contributed by atoms with Gasteiger partial charge in [-0.15, -0.1) is 0 Å². The second kappa shape index (κ2) is 7.73. The van der Waals surface area contributed by atoms with E-state index in [9.17, 15) is 4.79 Å². The van der Waals surface area contributed by atoms with Gasteiger partial charge in [-0.1, -0.05) is 35.0 Å². The second-order valence-corrected chi connectivity index (χ2v) is 5.89. The summed E-state index contributed by atoms with van der Waals surface area (Å²) in [6.45, 7) is 1.03. The van der Waals surface area contributed by atoms with E-state index >= 15 is 0 Å². The zero-order chi connectivity index (χ0) is 16.1. The van der Waals surface area contributed by atoms with Crippen molar-refractivity contribution in [2.75, 3.05) is 6.61 Å². The number of aromatic nitrogens is 3. The molecule has 2 aromatic rings. The van der Waals surface area contributed by atoms with Crippen LogP contribution in [0.5, 0.6) is 5.88 Å². The highest BCUT2D eigenvalue weighted by molar-refractivity contribution is 7.98. The Morgan fingerprint density at radius 2 is 2.00 bits per heavy atom. The quantitative estimate of drug-likeness (QED) is 0.498. The first-order chi connectivity index (χ1) is 10.5. The van der Waals surface area contributed by atoms with Crippen molar-refractivity contribution in [3.8, 4) is 5.88 Å². The first-order valence-electron chi connectivity index (χ1n) is 6.07. The molecule has 0 bridgehead atoms. The number of ether oxygens (including phenoxy) is 1. The van der Waals surface area contributed by atoms with Crippen molar-refractivity contribution in [3.63, 3.8) is 0 Å². The van der Waals surface area contributed by atoms with Crippen molar-refractivity contribution in [2.24, 2.45) is 0 Å². The Morgan fingerprint density at radius 3 is 2.64 bits per heavy atom. The van der Waals surface area contributed by atoms with Gasteiger partial charge in [0.2, 0.25) is 5.88 Å². The molecule has 6 nitrogen and oxygen atoms in total. The van der Waals surface area contributed by atoms with Crippen LogP contribution in [0.3, 0.4) is 0 Å². The molecular weight excluding hydrogens is 349 g/mol. The number of thioether (sulfide) groups is 1. The minimum Gasteiger partial charge on any atom is -0.406 e. The Labute approximate surface area is 140 Å². The first-order valence-corrected chi connectivity index (χ1v) is 7.81. The third-order valence-electron chi connectivity index (χ3n) is 2.46. The molecule has 0 saturated heterocycles. The van der Waals surface area contributed by atoms with Crippen molar-refractivity contribution in [1.29, 1.82) is 0 Å². The lowest BCUT2D eigenvalue weighted by Crippen LogP contribution is -2.13. The summed E-state index contributed by atoms with van der Waals surface area (Å²) >= 11 is 13.4. The number of halogens is 2. The Kier molecular flexibility index (Phi) is 5.96. The van der Waals surface area contributed by atoms with Crippen LogP contribution in [0.1, 0.15) is 11.3 Å². The molecule has 0 aliphatic rings. The maximum atomic E-state index is 11.1. The molecule has 0 spiro atoms. The van der Waals surface area contributed by atoms with E-state index in [1.54, 1.807) is 6.92 Å². The van der Waals surface area contributed by atoms with Gasteiger partial charge in [0.15, 0.2) is 5.16 Å². The monoisotopic (exact) mass is 359 g/mol. The van der Waals surface area contributed by atoms with Crippen LogP contribution in [0, 0.1) is 6.92 Å². The molecular formula is C13H11Cl2N3O3S.